The average Bonchev–Trinajstić information content (AvgIpc) is 3.31. The van der Waals surface area contributed by atoms with Gasteiger partial charge in [0, 0.05) is 31.9 Å². The summed E-state index contributed by atoms with van der Waals surface area (Å²) in [4.78, 5) is 16.1. The number of methoxy groups -OCH3 is 1. The molecule has 4 aliphatic heterocycles. The van der Waals surface area contributed by atoms with Crippen LogP contribution in [0.4, 0.5) is 0 Å². The lowest BCUT2D eigenvalue weighted by Gasteiger charge is -2.48. The second kappa shape index (κ2) is 15.6. The van der Waals surface area contributed by atoms with E-state index < -0.39 is 48.0 Å². The number of esters is 1. The van der Waals surface area contributed by atoms with Gasteiger partial charge in [-0.1, -0.05) is 34.6 Å². The lowest BCUT2D eigenvalue weighted by Crippen LogP contribution is -2.59. The van der Waals surface area contributed by atoms with Gasteiger partial charge < -0.3 is 43.2 Å². The Morgan fingerprint density at radius 1 is 0.894 bits per heavy atom. The molecule has 0 aliphatic carbocycles. The Morgan fingerprint density at radius 3 is 2.19 bits per heavy atom. The molecule has 0 aromatic carbocycles. The third kappa shape index (κ3) is 8.73. The van der Waals surface area contributed by atoms with Gasteiger partial charge in [-0.25, -0.2) is 0 Å². The van der Waals surface area contributed by atoms with Gasteiger partial charge >= 0.3 is 5.97 Å². The van der Waals surface area contributed by atoms with Crippen LogP contribution < -0.4 is 0 Å². The number of aliphatic hydroxyl groups excluding tert-OH is 1. The van der Waals surface area contributed by atoms with E-state index in [9.17, 15) is 9.90 Å². The molecule has 1 N–H and O–H groups in total. The van der Waals surface area contributed by atoms with Crippen molar-refractivity contribution >= 4 is 5.97 Å². The normalized spacial score (nSPS) is 50.4. The summed E-state index contributed by atoms with van der Waals surface area (Å²) in [5.74, 6) is -0.604. The first kappa shape index (κ1) is 38.9. The average molecular weight is 670 g/mol. The van der Waals surface area contributed by atoms with Crippen LogP contribution in [0, 0.1) is 29.6 Å². The molecule has 0 saturated carbocycles. The Balaban J connectivity index is 1.78. The Hall–Kier alpha value is -0.850. The van der Waals surface area contributed by atoms with Gasteiger partial charge in [-0.05, 0) is 92.2 Å². The quantitative estimate of drug-likeness (QED) is 0.346. The number of fused-ring (bicyclic) bond motifs is 2. The fraction of sp³-hybridized carbons (Fsp3) is 0.973. The summed E-state index contributed by atoms with van der Waals surface area (Å²) < 4.78 is 45.9. The molecule has 0 spiro atoms. The molecule has 47 heavy (non-hydrogen) atoms. The van der Waals surface area contributed by atoms with Crippen LogP contribution in [0.3, 0.4) is 0 Å². The number of hydrogen-bond acceptors (Lipinski definition) is 10. The maximum absolute atomic E-state index is 14.0. The van der Waals surface area contributed by atoms with E-state index in [-0.39, 0.29) is 60.1 Å². The van der Waals surface area contributed by atoms with E-state index in [1.54, 1.807) is 7.11 Å². The summed E-state index contributed by atoms with van der Waals surface area (Å²) >= 11 is 0. The molecule has 10 heteroatoms. The van der Waals surface area contributed by atoms with Crippen LogP contribution in [0.25, 0.3) is 0 Å². The molecule has 0 aromatic rings. The van der Waals surface area contributed by atoms with Crippen LogP contribution in [0.1, 0.15) is 108 Å². The number of cyclic esters (lactones) is 1. The second-order valence-corrected chi connectivity index (χ2v) is 16.5. The molecule has 0 unspecified atom stereocenters. The van der Waals surface area contributed by atoms with Crippen LogP contribution in [-0.2, 0) is 38.0 Å². The van der Waals surface area contributed by atoms with Crippen LogP contribution in [-0.4, -0.2) is 110 Å². The minimum Gasteiger partial charge on any atom is -0.462 e. The number of ether oxygens (including phenoxy) is 7. The van der Waals surface area contributed by atoms with E-state index in [2.05, 4.69) is 48.5 Å². The van der Waals surface area contributed by atoms with Gasteiger partial charge in [-0.15, -0.1) is 0 Å². The van der Waals surface area contributed by atoms with E-state index >= 15 is 0 Å². The third-order valence-corrected chi connectivity index (χ3v) is 11.8. The van der Waals surface area contributed by atoms with Gasteiger partial charge in [0.05, 0.1) is 47.6 Å². The smallest absolute Gasteiger partial charge is 0.311 e. The summed E-state index contributed by atoms with van der Waals surface area (Å²) in [7, 11) is 5.67. The summed E-state index contributed by atoms with van der Waals surface area (Å²) in [6.07, 6.45) is 0.368. The third-order valence-electron chi connectivity index (χ3n) is 11.8. The highest BCUT2D eigenvalue weighted by Crippen LogP contribution is 2.47. The van der Waals surface area contributed by atoms with E-state index in [0.29, 0.717) is 12.8 Å². The van der Waals surface area contributed by atoms with E-state index in [4.69, 9.17) is 33.2 Å². The molecule has 4 fully saturated rings. The first-order valence-electron chi connectivity index (χ1n) is 18.3. The summed E-state index contributed by atoms with van der Waals surface area (Å²) in [6, 6.07) is -0.130. The van der Waals surface area contributed by atoms with Crippen molar-refractivity contribution in [2.75, 3.05) is 21.2 Å². The van der Waals surface area contributed by atoms with Crippen molar-refractivity contribution in [3.05, 3.63) is 0 Å². The molecule has 0 aromatic heterocycles. The molecule has 0 radical (unpaired) electrons. The van der Waals surface area contributed by atoms with Crippen molar-refractivity contribution < 1.29 is 43.1 Å². The molecule has 10 nitrogen and oxygen atoms in total. The van der Waals surface area contributed by atoms with E-state index in [1.165, 1.54) is 0 Å². The SMILES string of the molecule is CC[C@H]1OC(=O)[C@H](C)[C@@H](O[C@H]2C[C@@](C)(OC)C[C@H](C)O2)[C@H](C)[C@@H](O[C@@H]2O[C@H](C)C[C@H](N(C)C)[C@H]2O)[C@@]2(C)C[C@@H](C)[C@H](O2)[C@H](C)C[C@H]1C. The zero-order valence-corrected chi connectivity index (χ0v) is 31.6. The summed E-state index contributed by atoms with van der Waals surface area (Å²) in [6.45, 7) is 21.0. The van der Waals surface area contributed by atoms with E-state index in [0.717, 1.165) is 25.7 Å². The van der Waals surface area contributed by atoms with Crippen molar-refractivity contribution in [3.8, 4) is 0 Å². The molecule has 4 rings (SSSR count). The molecule has 4 saturated heterocycles. The monoisotopic (exact) mass is 669 g/mol. The van der Waals surface area contributed by atoms with E-state index in [1.807, 2.05) is 39.8 Å². The van der Waals surface area contributed by atoms with Gasteiger partial charge in [-0.2, -0.15) is 0 Å². The molecular formula is C37H67NO9. The number of aliphatic hydroxyl groups is 1. The molecule has 4 aliphatic rings. The molecule has 2 bridgehead atoms. The highest BCUT2D eigenvalue weighted by atomic mass is 16.7. The standard InChI is InChI=1S/C37H67NO9/c1-14-28-20(2)15-21(3)31-22(4)17-37(10,47-31)33(46-35-30(39)27(38(11)12)16-23(5)43-35)25(7)32(26(8)34(40)44-28)45-29-19-36(9,41-13)18-24(6)42-29/h20-33,35,39H,14-19H2,1-13H3/t20-,21-,22-,23-,24+,25+,26-,27+,28-,29+,30-,31-,32+,33-,35+,36+,37-/m1/s1. The first-order valence-corrected chi connectivity index (χ1v) is 18.3. The zero-order chi connectivity index (χ0) is 35.0. The Morgan fingerprint density at radius 2 is 1.57 bits per heavy atom. The van der Waals surface area contributed by atoms with Crippen molar-refractivity contribution in [1.82, 2.24) is 4.90 Å². The lowest BCUT2D eigenvalue weighted by molar-refractivity contribution is -0.311. The minimum absolute atomic E-state index is 0.00193. The molecule has 4 heterocycles. The topological polar surface area (TPSA) is 105 Å². The van der Waals surface area contributed by atoms with Crippen molar-refractivity contribution in [1.29, 1.82) is 0 Å². The maximum Gasteiger partial charge on any atom is 0.311 e. The predicted molar refractivity (Wildman–Crippen MR) is 180 cm³/mol. The number of likely N-dealkylation sites (N-methyl/N-ethyl adjacent to an activating group) is 1. The molecule has 274 valence electrons. The number of carbonyl (C=O) groups is 1. The maximum atomic E-state index is 14.0. The fourth-order valence-electron chi connectivity index (χ4n) is 9.27. The number of hydrogen-bond donors (Lipinski definition) is 1. The van der Waals surface area contributed by atoms with Crippen LogP contribution >= 0.6 is 0 Å². The minimum atomic E-state index is -0.878. The molecule has 0 amide bonds. The van der Waals surface area contributed by atoms with Crippen molar-refractivity contribution in [2.45, 2.75) is 180 Å². The Labute approximate surface area is 284 Å². The van der Waals surface area contributed by atoms with Crippen LogP contribution in [0.2, 0.25) is 0 Å². The van der Waals surface area contributed by atoms with Gasteiger partial charge in [0.1, 0.15) is 12.2 Å². The summed E-state index contributed by atoms with van der Waals surface area (Å²) in [5, 5.41) is 11.6. The highest BCUT2D eigenvalue weighted by molar-refractivity contribution is 5.73. The largest absolute Gasteiger partial charge is 0.462 e. The van der Waals surface area contributed by atoms with Gasteiger partial charge in [-0.3, -0.25) is 4.79 Å². The second-order valence-electron chi connectivity index (χ2n) is 16.5. The number of rotatable bonds is 7. The number of nitrogens with zero attached hydrogens (tertiary/aromatic N) is 1. The van der Waals surface area contributed by atoms with Gasteiger partial charge in [0.25, 0.3) is 0 Å². The first-order chi connectivity index (χ1) is 21.9. The van der Waals surface area contributed by atoms with Crippen LogP contribution in [0.15, 0.2) is 0 Å². The summed E-state index contributed by atoms with van der Waals surface area (Å²) in [5.41, 5.74) is -1.16. The number of carbonyl (C=O) groups excluding carboxylic acids is 1. The van der Waals surface area contributed by atoms with Crippen molar-refractivity contribution in [2.24, 2.45) is 29.6 Å². The van der Waals surface area contributed by atoms with Gasteiger partial charge in [0.15, 0.2) is 12.6 Å². The van der Waals surface area contributed by atoms with Gasteiger partial charge in [0.2, 0.25) is 0 Å². The Bertz CT molecular complexity index is 1030. The molecular weight excluding hydrogens is 602 g/mol. The van der Waals surface area contributed by atoms with Crippen LogP contribution in [0.5, 0.6) is 0 Å². The lowest BCUT2D eigenvalue weighted by atomic mass is 9.77. The highest BCUT2D eigenvalue weighted by Gasteiger charge is 2.55. The fourth-order valence-corrected chi connectivity index (χ4v) is 9.27. The zero-order valence-electron chi connectivity index (χ0n) is 31.6. The van der Waals surface area contributed by atoms with Crippen molar-refractivity contribution in [3.63, 3.8) is 0 Å². The predicted octanol–water partition coefficient (Wildman–Crippen LogP) is 5.57. The molecule has 17 atom stereocenters. The Kier molecular flexibility index (Phi) is 12.9.